The maximum Gasteiger partial charge on any atom is 0.244 e. The van der Waals surface area contributed by atoms with Crippen molar-refractivity contribution in [2.45, 2.75) is 32.3 Å². The molecule has 0 atom stereocenters. The number of halogens is 4. The van der Waals surface area contributed by atoms with Crippen molar-refractivity contribution in [3.8, 4) is 0 Å². The maximum absolute atomic E-state index is 11.7. The van der Waals surface area contributed by atoms with Crippen LogP contribution in [0.1, 0.15) is 27.7 Å². The number of alkyl halides is 4. The Morgan fingerprint density at radius 2 is 1.59 bits per heavy atom. The molecule has 0 unspecified atom stereocenters. The summed E-state index contributed by atoms with van der Waals surface area (Å²) in [6, 6.07) is 2.51. The zero-order chi connectivity index (χ0) is 16.5. The number of carbonyl (C=O) groups is 1. The fraction of sp³-hybridized carbons (Fsp3) is 0.417. The van der Waals surface area contributed by atoms with Crippen LogP contribution in [0.4, 0.5) is 17.6 Å². The Hall–Kier alpha value is -2.23. The van der Waals surface area contributed by atoms with Crippen LogP contribution in [0, 0.1) is 0 Å². The zero-order valence-corrected chi connectivity index (χ0v) is 11.1. The first-order valence-electron chi connectivity index (χ1n) is 5.97. The number of aliphatic hydroxyl groups excluding tert-OH is 1. The quantitative estimate of drug-likeness (QED) is 0.647. The van der Waals surface area contributed by atoms with Crippen LogP contribution in [0.5, 0.6) is 0 Å². The van der Waals surface area contributed by atoms with Crippen LogP contribution >= 0.6 is 0 Å². The van der Waals surface area contributed by atoms with E-state index >= 15 is 0 Å². The lowest BCUT2D eigenvalue weighted by Crippen LogP contribution is -1.95. The van der Waals surface area contributed by atoms with Gasteiger partial charge in [0.25, 0.3) is 0 Å². The van der Waals surface area contributed by atoms with Gasteiger partial charge in [0.15, 0.2) is 17.8 Å². The third-order valence-corrected chi connectivity index (χ3v) is 2.18. The molecule has 0 aliphatic carbocycles. The van der Waals surface area contributed by atoms with Crippen molar-refractivity contribution in [3.63, 3.8) is 0 Å². The maximum atomic E-state index is 11.7. The minimum Gasteiger partial charge on any atom is -0.388 e. The van der Waals surface area contributed by atoms with Gasteiger partial charge in [0.1, 0.15) is 6.61 Å². The van der Waals surface area contributed by atoms with Crippen molar-refractivity contribution in [1.82, 2.24) is 10.3 Å². The molecule has 0 bridgehead atoms. The first-order chi connectivity index (χ1) is 10.4. The number of nitrogens with zero attached hydrogens (tertiary/aromatic N) is 2. The highest BCUT2D eigenvalue weighted by Crippen LogP contribution is 2.08. The normalized spacial score (nSPS) is 10.7. The Morgan fingerprint density at radius 3 is 2.00 bits per heavy atom. The van der Waals surface area contributed by atoms with Crippen molar-refractivity contribution >= 4 is 6.29 Å². The fourth-order valence-electron chi connectivity index (χ4n) is 1.32. The molecule has 2 heterocycles. The highest BCUT2D eigenvalue weighted by Gasteiger charge is 2.09. The Balaban J connectivity index is 0.000000220. The summed E-state index contributed by atoms with van der Waals surface area (Å²) < 4.78 is 55.6. The molecule has 0 radical (unpaired) electrons. The van der Waals surface area contributed by atoms with Gasteiger partial charge in [0.05, 0.1) is 24.2 Å². The molecule has 0 aliphatic rings. The lowest BCUT2D eigenvalue weighted by molar-refractivity contribution is 0.109. The van der Waals surface area contributed by atoms with Gasteiger partial charge < -0.3 is 14.2 Å². The van der Waals surface area contributed by atoms with Gasteiger partial charge in [-0.15, -0.1) is 0 Å². The second-order valence-corrected chi connectivity index (χ2v) is 3.97. The predicted octanol–water partition coefficient (Wildman–Crippen LogP) is 2.27. The standard InChI is InChI=1S/C6H7F2NO2.C6H5F2NO2/c2*7-6(8)2-4-1-5(3-10)11-9-4/h1,6,10H,2-3H2;1,3,6H,2H2. The molecule has 2 aromatic heterocycles. The van der Waals surface area contributed by atoms with E-state index in [1.165, 1.54) is 12.1 Å². The number of carbonyl (C=O) groups excluding carboxylic acids is 1. The van der Waals surface area contributed by atoms with Gasteiger partial charge in [0, 0.05) is 12.1 Å². The molecule has 1 N–H and O–H groups in total. The molecule has 122 valence electrons. The van der Waals surface area contributed by atoms with Crippen molar-refractivity contribution in [3.05, 3.63) is 35.0 Å². The smallest absolute Gasteiger partial charge is 0.244 e. The van der Waals surface area contributed by atoms with E-state index in [1.807, 2.05) is 0 Å². The van der Waals surface area contributed by atoms with Gasteiger partial charge in [-0.3, -0.25) is 4.79 Å². The van der Waals surface area contributed by atoms with Crippen LogP contribution < -0.4 is 0 Å². The van der Waals surface area contributed by atoms with Crippen molar-refractivity contribution in [2.24, 2.45) is 0 Å². The lowest BCUT2D eigenvalue weighted by Gasteiger charge is -1.89. The van der Waals surface area contributed by atoms with Gasteiger partial charge in [-0.2, -0.15) is 0 Å². The highest BCUT2D eigenvalue weighted by molar-refractivity contribution is 5.70. The molecule has 0 spiro atoms. The van der Waals surface area contributed by atoms with E-state index < -0.39 is 25.7 Å². The van der Waals surface area contributed by atoms with E-state index in [4.69, 9.17) is 5.11 Å². The average Bonchev–Trinajstić information content (AvgIpc) is 3.07. The zero-order valence-electron chi connectivity index (χ0n) is 11.1. The Morgan fingerprint density at radius 1 is 1.05 bits per heavy atom. The number of aliphatic hydroxyl groups is 1. The van der Waals surface area contributed by atoms with Gasteiger partial charge in [-0.25, -0.2) is 17.6 Å². The summed E-state index contributed by atoms with van der Waals surface area (Å²) in [5.41, 5.74) is 0.270. The van der Waals surface area contributed by atoms with Crippen LogP contribution in [0.15, 0.2) is 21.2 Å². The van der Waals surface area contributed by atoms with Gasteiger partial charge >= 0.3 is 0 Å². The lowest BCUT2D eigenvalue weighted by atomic mass is 10.3. The molecule has 0 aliphatic heterocycles. The number of rotatable bonds is 6. The van der Waals surface area contributed by atoms with Crippen molar-refractivity contribution in [2.75, 3.05) is 0 Å². The number of hydrogen-bond donors (Lipinski definition) is 1. The van der Waals surface area contributed by atoms with Gasteiger partial charge in [-0.1, -0.05) is 10.3 Å². The number of aldehydes is 1. The van der Waals surface area contributed by atoms with Gasteiger partial charge in [0.2, 0.25) is 12.9 Å². The van der Waals surface area contributed by atoms with E-state index in [2.05, 4.69) is 19.4 Å². The number of hydrogen-bond acceptors (Lipinski definition) is 6. The minimum atomic E-state index is -2.46. The van der Waals surface area contributed by atoms with Crippen LogP contribution in [-0.2, 0) is 19.4 Å². The second kappa shape index (κ2) is 8.93. The third kappa shape index (κ3) is 6.48. The van der Waals surface area contributed by atoms with Gasteiger partial charge in [-0.05, 0) is 0 Å². The third-order valence-electron chi connectivity index (χ3n) is 2.18. The summed E-state index contributed by atoms with van der Waals surface area (Å²) >= 11 is 0. The van der Waals surface area contributed by atoms with Crippen LogP contribution in [0.2, 0.25) is 0 Å². The molecule has 0 fully saturated rings. The predicted molar refractivity (Wildman–Crippen MR) is 63.7 cm³/mol. The molecular weight excluding hydrogens is 312 g/mol. The fourth-order valence-corrected chi connectivity index (χ4v) is 1.32. The molecule has 0 saturated heterocycles. The summed E-state index contributed by atoms with van der Waals surface area (Å²) in [5.74, 6) is 0.182. The molecule has 6 nitrogen and oxygen atoms in total. The van der Waals surface area contributed by atoms with Crippen molar-refractivity contribution < 1.29 is 36.5 Å². The molecule has 0 saturated carbocycles. The SMILES string of the molecule is O=Cc1cc(CC(F)F)no1.OCc1cc(CC(F)F)no1. The number of aromatic nitrogens is 2. The van der Waals surface area contributed by atoms with Crippen LogP contribution in [-0.4, -0.2) is 34.6 Å². The molecule has 22 heavy (non-hydrogen) atoms. The molecule has 10 heteroatoms. The Bertz CT molecular complexity index is 571. The Kier molecular flexibility index (Phi) is 7.23. The minimum absolute atomic E-state index is 0.0272. The molecule has 2 aromatic rings. The largest absolute Gasteiger partial charge is 0.388 e. The van der Waals surface area contributed by atoms with E-state index in [1.54, 1.807) is 0 Å². The first-order valence-corrected chi connectivity index (χ1v) is 5.97. The van der Waals surface area contributed by atoms with E-state index in [0.717, 1.165) is 0 Å². The second-order valence-electron chi connectivity index (χ2n) is 3.97. The van der Waals surface area contributed by atoms with Crippen LogP contribution in [0.3, 0.4) is 0 Å². The van der Waals surface area contributed by atoms with Crippen LogP contribution in [0.25, 0.3) is 0 Å². The average molecular weight is 324 g/mol. The van der Waals surface area contributed by atoms with E-state index in [0.29, 0.717) is 6.29 Å². The monoisotopic (exact) mass is 324 g/mol. The molecule has 0 amide bonds. The molecular formula is C12H12F4N2O4. The van der Waals surface area contributed by atoms with Crippen molar-refractivity contribution in [1.29, 1.82) is 0 Å². The molecule has 2 rings (SSSR count). The highest BCUT2D eigenvalue weighted by atomic mass is 19.3. The summed E-state index contributed by atoms with van der Waals surface area (Å²) in [6.07, 6.45) is -5.37. The summed E-state index contributed by atoms with van der Waals surface area (Å²) in [7, 11) is 0. The summed E-state index contributed by atoms with van der Waals surface area (Å²) in [4.78, 5) is 9.98. The topological polar surface area (TPSA) is 89.4 Å². The molecule has 0 aromatic carbocycles. The Labute approximate surface area is 121 Å². The summed E-state index contributed by atoms with van der Waals surface area (Å²) in [5, 5.41) is 15.0. The first kappa shape index (κ1) is 17.8. The van der Waals surface area contributed by atoms with E-state index in [9.17, 15) is 22.4 Å². The summed E-state index contributed by atoms with van der Waals surface area (Å²) in [6.45, 7) is -0.309. The van der Waals surface area contributed by atoms with E-state index in [-0.39, 0.29) is 29.5 Å².